The SMILES string of the molecule is CC(C)(C)OC(=O)N1C[C@@H]2NC[C@H]1[C@H]2O. The monoisotopic (exact) mass is 214 g/mol. The molecule has 5 nitrogen and oxygen atoms in total. The molecule has 2 aliphatic heterocycles. The van der Waals surface area contributed by atoms with Crippen LogP contribution in [0.15, 0.2) is 0 Å². The quantitative estimate of drug-likeness (QED) is 0.593. The van der Waals surface area contributed by atoms with Crippen LogP contribution in [0.3, 0.4) is 0 Å². The number of carbonyl (C=O) groups excluding carboxylic acids is 1. The summed E-state index contributed by atoms with van der Waals surface area (Å²) in [4.78, 5) is 13.4. The van der Waals surface area contributed by atoms with E-state index in [9.17, 15) is 9.90 Å². The number of carbonyl (C=O) groups is 1. The minimum absolute atomic E-state index is 0.0162. The van der Waals surface area contributed by atoms with Crippen molar-refractivity contribution >= 4 is 6.09 Å². The average molecular weight is 214 g/mol. The summed E-state index contributed by atoms with van der Waals surface area (Å²) in [5.74, 6) is 0. The first-order chi connectivity index (χ1) is 6.88. The molecule has 2 fully saturated rings. The lowest BCUT2D eigenvalue weighted by Crippen LogP contribution is -2.48. The molecule has 0 spiro atoms. The summed E-state index contributed by atoms with van der Waals surface area (Å²) in [5, 5.41) is 12.9. The van der Waals surface area contributed by atoms with E-state index in [0.29, 0.717) is 13.1 Å². The number of nitrogens with zero attached hydrogens (tertiary/aromatic N) is 1. The van der Waals surface area contributed by atoms with E-state index in [0.717, 1.165) is 0 Å². The molecular formula is C10H18N2O3. The van der Waals surface area contributed by atoms with E-state index in [1.807, 2.05) is 20.8 Å². The van der Waals surface area contributed by atoms with Crippen LogP contribution in [0.2, 0.25) is 0 Å². The molecule has 0 aromatic carbocycles. The Bertz CT molecular complexity index is 274. The summed E-state index contributed by atoms with van der Waals surface area (Å²) < 4.78 is 5.27. The van der Waals surface area contributed by atoms with Gasteiger partial charge < -0.3 is 15.2 Å². The fraction of sp³-hybridized carbons (Fsp3) is 0.900. The van der Waals surface area contributed by atoms with Crippen molar-refractivity contribution in [1.29, 1.82) is 0 Å². The van der Waals surface area contributed by atoms with Gasteiger partial charge in [-0.1, -0.05) is 0 Å². The number of aliphatic hydroxyl groups is 1. The second-order valence-electron chi connectivity index (χ2n) is 5.21. The Morgan fingerprint density at radius 2 is 2.20 bits per heavy atom. The second-order valence-corrected chi connectivity index (χ2v) is 5.21. The smallest absolute Gasteiger partial charge is 0.410 e. The maximum absolute atomic E-state index is 11.8. The van der Waals surface area contributed by atoms with Gasteiger partial charge in [-0.05, 0) is 20.8 Å². The minimum Gasteiger partial charge on any atom is -0.444 e. The fourth-order valence-corrected chi connectivity index (χ4v) is 2.13. The minimum atomic E-state index is -0.475. The van der Waals surface area contributed by atoms with Crippen LogP contribution in [0, 0.1) is 0 Å². The Kier molecular flexibility index (Phi) is 2.39. The largest absolute Gasteiger partial charge is 0.444 e. The first kappa shape index (κ1) is 10.7. The Morgan fingerprint density at radius 3 is 2.60 bits per heavy atom. The normalized spacial score (nSPS) is 34.7. The zero-order valence-electron chi connectivity index (χ0n) is 9.36. The lowest BCUT2D eigenvalue weighted by Gasteiger charge is -2.30. The van der Waals surface area contributed by atoms with Gasteiger partial charge in [0, 0.05) is 13.1 Å². The van der Waals surface area contributed by atoms with Gasteiger partial charge in [-0.2, -0.15) is 0 Å². The molecule has 1 amide bonds. The predicted octanol–water partition coefficient (Wildman–Crippen LogP) is -0.0616. The van der Waals surface area contributed by atoms with Crippen LogP contribution < -0.4 is 5.32 Å². The molecule has 86 valence electrons. The molecule has 2 rings (SSSR count). The number of amides is 1. The molecule has 0 aromatic heterocycles. The molecule has 0 aromatic rings. The highest BCUT2D eigenvalue weighted by Gasteiger charge is 2.48. The third kappa shape index (κ3) is 1.94. The summed E-state index contributed by atoms with van der Waals surface area (Å²) in [7, 11) is 0. The number of aliphatic hydroxyl groups excluding tert-OH is 1. The van der Waals surface area contributed by atoms with E-state index >= 15 is 0 Å². The van der Waals surface area contributed by atoms with Gasteiger partial charge in [0.1, 0.15) is 5.60 Å². The molecule has 15 heavy (non-hydrogen) atoms. The second kappa shape index (κ2) is 3.35. The topological polar surface area (TPSA) is 61.8 Å². The standard InChI is InChI=1S/C10H18N2O3/c1-10(2,3)15-9(14)12-5-6-8(13)7(12)4-11-6/h6-8,11,13H,4-5H2,1-3H3/t6-,7-,8-/m0/s1. The van der Waals surface area contributed by atoms with Crippen molar-refractivity contribution in [3.05, 3.63) is 0 Å². The van der Waals surface area contributed by atoms with E-state index in [-0.39, 0.29) is 18.2 Å². The Morgan fingerprint density at radius 1 is 1.53 bits per heavy atom. The Balaban J connectivity index is 1.99. The van der Waals surface area contributed by atoms with Crippen LogP contribution in [-0.2, 0) is 4.74 Å². The van der Waals surface area contributed by atoms with Crippen molar-refractivity contribution in [1.82, 2.24) is 10.2 Å². The van der Waals surface area contributed by atoms with Gasteiger partial charge >= 0.3 is 6.09 Å². The molecule has 0 radical (unpaired) electrons. The van der Waals surface area contributed by atoms with E-state index < -0.39 is 11.7 Å². The summed E-state index contributed by atoms with van der Waals surface area (Å²) in [6.45, 7) is 6.72. The Hall–Kier alpha value is -0.810. The van der Waals surface area contributed by atoms with Gasteiger partial charge in [0.15, 0.2) is 0 Å². The highest BCUT2D eigenvalue weighted by molar-refractivity contribution is 5.69. The number of ether oxygens (including phenoxy) is 1. The van der Waals surface area contributed by atoms with E-state index in [2.05, 4.69) is 5.32 Å². The zero-order chi connectivity index (χ0) is 11.2. The van der Waals surface area contributed by atoms with Crippen LogP contribution in [0.25, 0.3) is 0 Å². The van der Waals surface area contributed by atoms with Crippen LogP contribution in [0.5, 0.6) is 0 Å². The number of piperazine rings is 1. The molecule has 2 N–H and O–H groups in total. The highest BCUT2D eigenvalue weighted by atomic mass is 16.6. The molecule has 0 unspecified atom stereocenters. The predicted molar refractivity (Wildman–Crippen MR) is 54.5 cm³/mol. The highest BCUT2D eigenvalue weighted by Crippen LogP contribution is 2.25. The van der Waals surface area contributed by atoms with Gasteiger partial charge in [0.05, 0.1) is 18.2 Å². The third-order valence-corrected chi connectivity index (χ3v) is 2.82. The van der Waals surface area contributed by atoms with Crippen molar-refractivity contribution in [2.24, 2.45) is 0 Å². The van der Waals surface area contributed by atoms with Gasteiger partial charge in [-0.15, -0.1) is 0 Å². The number of rotatable bonds is 0. The van der Waals surface area contributed by atoms with Crippen LogP contribution in [-0.4, -0.2) is 53.0 Å². The van der Waals surface area contributed by atoms with E-state index in [1.165, 1.54) is 0 Å². The lowest BCUT2D eigenvalue weighted by atomic mass is 10.2. The number of hydrogen-bond donors (Lipinski definition) is 2. The van der Waals surface area contributed by atoms with Crippen molar-refractivity contribution in [3.8, 4) is 0 Å². The number of nitrogens with one attached hydrogen (secondary N) is 1. The molecular weight excluding hydrogens is 196 g/mol. The number of likely N-dealkylation sites (tertiary alicyclic amines) is 1. The van der Waals surface area contributed by atoms with Crippen molar-refractivity contribution in [2.75, 3.05) is 13.1 Å². The molecule has 2 aliphatic rings. The van der Waals surface area contributed by atoms with Crippen molar-refractivity contribution < 1.29 is 14.6 Å². The maximum atomic E-state index is 11.8. The fourth-order valence-electron chi connectivity index (χ4n) is 2.13. The van der Waals surface area contributed by atoms with Crippen molar-refractivity contribution in [3.63, 3.8) is 0 Å². The molecule has 3 atom stereocenters. The lowest BCUT2D eigenvalue weighted by molar-refractivity contribution is 0.0164. The van der Waals surface area contributed by atoms with Crippen LogP contribution >= 0.6 is 0 Å². The average Bonchev–Trinajstić information content (AvgIpc) is 2.59. The molecule has 0 aliphatic carbocycles. The van der Waals surface area contributed by atoms with E-state index in [1.54, 1.807) is 4.90 Å². The summed E-state index contributed by atoms with van der Waals surface area (Å²) in [6.07, 6.45) is -0.770. The third-order valence-electron chi connectivity index (χ3n) is 2.82. The van der Waals surface area contributed by atoms with Crippen molar-refractivity contribution in [2.45, 2.75) is 44.6 Å². The molecule has 2 heterocycles. The van der Waals surface area contributed by atoms with Crippen LogP contribution in [0.1, 0.15) is 20.8 Å². The molecule has 0 saturated carbocycles. The molecule has 2 bridgehead atoms. The first-order valence-corrected chi connectivity index (χ1v) is 5.29. The first-order valence-electron chi connectivity index (χ1n) is 5.29. The summed E-state index contributed by atoms with van der Waals surface area (Å²) >= 11 is 0. The number of hydrogen-bond acceptors (Lipinski definition) is 4. The summed E-state index contributed by atoms with van der Waals surface area (Å²) in [6, 6.07) is -0.104. The van der Waals surface area contributed by atoms with E-state index in [4.69, 9.17) is 4.74 Å². The summed E-state index contributed by atoms with van der Waals surface area (Å²) in [5.41, 5.74) is -0.475. The van der Waals surface area contributed by atoms with Gasteiger partial charge in [-0.25, -0.2) is 4.79 Å². The number of fused-ring (bicyclic) bond motifs is 2. The van der Waals surface area contributed by atoms with Gasteiger partial charge in [-0.3, -0.25) is 4.90 Å². The van der Waals surface area contributed by atoms with Gasteiger partial charge in [0.25, 0.3) is 0 Å². The maximum Gasteiger partial charge on any atom is 0.410 e. The van der Waals surface area contributed by atoms with Gasteiger partial charge in [0.2, 0.25) is 0 Å². The zero-order valence-corrected chi connectivity index (χ0v) is 9.36. The Labute approximate surface area is 89.4 Å². The molecule has 5 heteroatoms. The molecule has 2 saturated heterocycles. The van der Waals surface area contributed by atoms with Crippen LogP contribution in [0.4, 0.5) is 4.79 Å².